The molecule has 0 fully saturated rings. The summed E-state index contributed by atoms with van der Waals surface area (Å²) in [4.78, 5) is 21.6. The molecule has 0 aromatic carbocycles. The molecule has 186 valence electrons. The van der Waals surface area contributed by atoms with Gasteiger partial charge in [-0.3, -0.25) is 9.48 Å². The summed E-state index contributed by atoms with van der Waals surface area (Å²) in [6.07, 6.45) is 7.08. The first kappa shape index (κ1) is 24.7. The highest BCUT2D eigenvalue weighted by Gasteiger charge is 2.27. The second-order valence-electron chi connectivity index (χ2n) is 8.84. The molecule has 0 saturated heterocycles. The van der Waals surface area contributed by atoms with Gasteiger partial charge in [-0.2, -0.15) is 20.1 Å². The fourth-order valence-corrected chi connectivity index (χ4v) is 3.46. The zero-order chi connectivity index (χ0) is 25.9. The molecule has 1 unspecified atom stereocenters. The van der Waals surface area contributed by atoms with Crippen LogP contribution in [-0.4, -0.2) is 58.9 Å². The van der Waals surface area contributed by atoms with Crippen molar-refractivity contribution in [2.75, 3.05) is 11.9 Å². The maximum absolute atomic E-state index is 14.2. The second-order valence-corrected chi connectivity index (χ2v) is 8.84. The molecule has 3 N–H and O–H groups in total. The van der Waals surface area contributed by atoms with Gasteiger partial charge < -0.3 is 15.7 Å². The lowest BCUT2D eigenvalue weighted by Crippen LogP contribution is -2.42. The number of rotatable bonds is 9. The van der Waals surface area contributed by atoms with Crippen molar-refractivity contribution in [2.24, 2.45) is 0 Å². The van der Waals surface area contributed by atoms with Gasteiger partial charge in [-0.25, -0.2) is 14.4 Å². The highest BCUT2D eigenvalue weighted by Crippen LogP contribution is 2.25. The van der Waals surface area contributed by atoms with Crippen molar-refractivity contribution < 1.29 is 14.3 Å². The van der Waals surface area contributed by atoms with E-state index in [1.807, 2.05) is 19.2 Å². The van der Waals surface area contributed by atoms with Crippen LogP contribution in [0.5, 0.6) is 0 Å². The molecule has 0 aliphatic carbocycles. The third-order valence-corrected chi connectivity index (χ3v) is 5.46. The lowest BCUT2D eigenvalue weighted by molar-refractivity contribution is -0.00177. The maximum Gasteiger partial charge on any atom is 0.255 e. The minimum atomic E-state index is -1.66. The quantitative estimate of drug-likeness (QED) is 0.324. The molecule has 36 heavy (non-hydrogen) atoms. The summed E-state index contributed by atoms with van der Waals surface area (Å²) in [5, 5.41) is 34.0. The highest BCUT2D eigenvalue weighted by molar-refractivity contribution is 6.00. The summed E-state index contributed by atoms with van der Waals surface area (Å²) < 4.78 is 17.5. The maximum atomic E-state index is 14.2. The van der Waals surface area contributed by atoms with Crippen LogP contribution in [0.25, 0.3) is 16.9 Å². The van der Waals surface area contributed by atoms with E-state index in [0.717, 1.165) is 13.0 Å². The fraction of sp³-hybridized carbons (Fsp3) is 0.333. The standard InChI is InChI=1S/C24H26FN9O2/c1-4-5-33-14-17(11-30-33)32-19-7-21(34-22-16(10-31-34)6-15(8-26)9-28-22)27-12-18(19)23(35)29-13-20(25)24(2,3)36/h6-7,9-12,14,20,36H,4-5,13H2,1-3H3,(H,27,32)(H,29,35). The number of carbonyl (C=O) groups is 1. The van der Waals surface area contributed by atoms with E-state index in [4.69, 9.17) is 5.26 Å². The first-order chi connectivity index (χ1) is 17.2. The van der Waals surface area contributed by atoms with Crippen molar-refractivity contribution >= 4 is 28.3 Å². The van der Waals surface area contributed by atoms with Crippen LogP contribution in [0.2, 0.25) is 0 Å². The molecule has 4 heterocycles. The predicted octanol–water partition coefficient (Wildman–Crippen LogP) is 2.88. The smallest absolute Gasteiger partial charge is 0.255 e. The first-order valence-corrected chi connectivity index (χ1v) is 11.4. The molecule has 4 rings (SSSR count). The molecule has 0 aliphatic heterocycles. The molecule has 0 aliphatic rings. The van der Waals surface area contributed by atoms with Crippen molar-refractivity contribution in [3.05, 3.63) is 54.2 Å². The molecular formula is C24H26FN9O2. The van der Waals surface area contributed by atoms with Gasteiger partial charge in [-0.05, 0) is 26.3 Å². The molecule has 0 bridgehead atoms. The number of nitriles is 1. The number of aromatic nitrogens is 6. The number of aryl methyl sites for hydroxylation is 1. The van der Waals surface area contributed by atoms with Crippen molar-refractivity contribution in [1.29, 1.82) is 5.26 Å². The van der Waals surface area contributed by atoms with E-state index in [0.29, 0.717) is 33.8 Å². The monoisotopic (exact) mass is 491 g/mol. The number of fused-ring (bicyclic) bond motifs is 1. The molecule has 4 aromatic rings. The molecule has 0 saturated carbocycles. The Bertz CT molecular complexity index is 1430. The van der Waals surface area contributed by atoms with Crippen molar-refractivity contribution in [3.8, 4) is 11.9 Å². The Morgan fingerprint density at radius 2 is 2.03 bits per heavy atom. The van der Waals surface area contributed by atoms with E-state index < -0.39 is 17.7 Å². The summed E-state index contributed by atoms with van der Waals surface area (Å²) >= 11 is 0. The van der Waals surface area contributed by atoms with Gasteiger partial charge in [0.05, 0.1) is 47.0 Å². The van der Waals surface area contributed by atoms with Crippen LogP contribution < -0.4 is 10.6 Å². The predicted molar refractivity (Wildman–Crippen MR) is 131 cm³/mol. The number of carbonyl (C=O) groups excluding carboxylic acids is 1. The number of hydrogen-bond acceptors (Lipinski definition) is 8. The number of amides is 1. The summed E-state index contributed by atoms with van der Waals surface area (Å²) in [7, 11) is 0. The summed E-state index contributed by atoms with van der Waals surface area (Å²) in [5.41, 5.74) is 0.517. The Kier molecular flexibility index (Phi) is 6.93. The van der Waals surface area contributed by atoms with Gasteiger partial charge >= 0.3 is 0 Å². The van der Waals surface area contributed by atoms with Crippen molar-refractivity contribution in [2.45, 2.75) is 45.5 Å². The largest absolute Gasteiger partial charge is 0.387 e. The number of nitrogens with one attached hydrogen (secondary N) is 2. The average Bonchev–Trinajstić information content (AvgIpc) is 3.48. The number of alkyl halides is 1. The van der Waals surface area contributed by atoms with Crippen LogP contribution in [-0.2, 0) is 6.54 Å². The molecule has 0 radical (unpaired) electrons. The number of hydrogen-bond donors (Lipinski definition) is 3. The zero-order valence-electron chi connectivity index (χ0n) is 20.1. The van der Waals surface area contributed by atoms with E-state index in [1.165, 1.54) is 30.9 Å². The van der Waals surface area contributed by atoms with Crippen LogP contribution in [0.1, 0.15) is 43.1 Å². The van der Waals surface area contributed by atoms with Crippen LogP contribution >= 0.6 is 0 Å². The van der Waals surface area contributed by atoms with Crippen molar-refractivity contribution in [1.82, 2.24) is 34.8 Å². The fourth-order valence-electron chi connectivity index (χ4n) is 3.46. The van der Waals surface area contributed by atoms with E-state index in [-0.39, 0.29) is 12.1 Å². The SMILES string of the molecule is CCCn1cc(Nc2cc(-n3ncc4cc(C#N)cnc43)ncc2C(=O)NCC(F)C(C)(C)O)cn1. The Labute approximate surface area is 206 Å². The molecular weight excluding hydrogens is 465 g/mol. The van der Waals surface area contributed by atoms with Gasteiger partial charge in [-0.15, -0.1) is 0 Å². The molecule has 1 amide bonds. The lowest BCUT2D eigenvalue weighted by Gasteiger charge is -2.22. The average molecular weight is 492 g/mol. The van der Waals surface area contributed by atoms with Gasteiger partial charge in [0.15, 0.2) is 11.5 Å². The number of anilines is 2. The minimum absolute atomic E-state index is 0.168. The summed E-state index contributed by atoms with van der Waals surface area (Å²) in [6, 6.07) is 5.34. The summed E-state index contributed by atoms with van der Waals surface area (Å²) in [6.45, 7) is 5.08. The van der Waals surface area contributed by atoms with Gasteiger partial charge in [0.2, 0.25) is 0 Å². The third kappa shape index (κ3) is 5.31. The Hall–Kier alpha value is -4.37. The number of pyridine rings is 2. The van der Waals surface area contributed by atoms with E-state index in [2.05, 4.69) is 30.8 Å². The normalized spacial score (nSPS) is 12.3. The third-order valence-electron chi connectivity index (χ3n) is 5.46. The van der Waals surface area contributed by atoms with Crippen molar-refractivity contribution in [3.63, 3.8) is 0 Å². The van der Waals surface area contributed by atoms with Gasteiger partial charge in [0.25, 0.3) is 5.91 Å². The molecule has 11 nitrogen and oxygen atoms in total. The van der Waals surface area contributed by atoms with Crippen LogP contribution in [0.4, 0.5) is 15.8 Å². The van der Waals surface area contributed by atoms with E-state index in [1.54, 1.807) is 29.2 Å². The number of nitrogens with zero attached hydrogens (tertiary/aromatic N) is 7. The number of halogens is 1. The second kappa shape index (κ2) is 10.1. The first-order valence-electron chi connectivity index (χ1n) is 11.4. The summed E-state index contributed by atoms with van der Waals surface area (Å²) in [5.74, 6) is -0.187. The Morgan fingerprint density at radius 3 is 2.75 bits per heavy atom. The molecule has 12 heteroatoms. The van der Waals surface area contributed by atoms with E-state index in [9.17, 15) is 14.3 Å². The van der Waals surface area contributed by atoms with Gasteiger partial charge in [0.1, 0.15) is 12.2 Å². The number of aliphatic hydroxyl groups is 1. The highest BCUT2D eigenvalue weighted by atomic mass is 19.1. The zero-order valence-corrected chi connectivity index (χ0v) is 20.1. The van der Waals surface area contributed by atoms with Crippen LogP contribution in [0, 0.1) is 11.3 Å². The molecule has 0 spiro atoms. The van der Waals surface area contributed by atoms with E-state index >= 15 is 0 Å². The van der Waals surface area contributed by atoms with Gasteiger partial charge in [0, 0.05) is 36.6 Å². The van der Waals surface area contributed by atoms with Crippen LogP contribution in [0.3, 0.4) is 0 Å². The Balaban J connectivity index is 1.69. The molecule has 4 aromatic heterocycles. The topological polar surface area (TPSA) is 147 Å². The lowest BCUT2D eigenvalue weighted by atomic mass is 10.0. The van der Waals surface area contributed by atoms with Crippen LogP contribution in [0.15, 0.2) is 43.1 Å². The minimum Gasteiger partial charge on any atom is -0.387 e. The molecule has 1 atom stereocenters. The van der Waals surface area contributed by atoms with Gasteiger partial charge in [-0.1, -0.05) is 6.92 Å². The Morgan fingerprint density at radius 1 is 1.22 bits per heavy atom.